The van der Waals surface area contributed by atoms with Crippen LogP contribution in [0.15, 0.2) is 24.4 Å². The van der Waals surface area contributed by atoms with Crippen LogP contribution in [0.2, 0.25) is 10.0 Å². The summed E-state index contributed by atoms with van der Waals surface area (Å²) < 4.78 is 0. The van der Waals surface area contributed by atoms with E-state index < -0.39 is 5.91 Å². The van der Waals surface area contributed by atoms with Gasteiger partial charge in [0.05, 0.1) is 33.2 Å². The molecule has 0 bridgehead atoms. The molecule has 1 amide bonds. The number of carbonyl (C=O) groups is 1. The van der Waals surface area contributed by atoms with E-state index in [9.17, 15) is 4.79 Å². The third-order valence-electron chi connectivity index (χ3n) is 2.70. The zero-order chi connectivity index (χ0) is 14.9. The molecule has 0 fully saturated rings. The summed E-state index contributed by atoms with van der Waals surface area (Å²) in [6.45, 7) is 1.84. The second-order valence-electron chi connectivity index (χ2n) is 4.21. The number of hydrogen-bond donors (Lipinski definition) is 3. The minimum Gasteiger partial charge on any atom is -0.397 e. The Balaban J connectivity index is 2.51. The number of nitrogens with zero attached hydrogens (tertiary/aromatic N) is 1. The number of aryl methyl sites for hydroxylation is 1. The number of benzene rings is 1. The summed E-state index contributed by atoms with van der Waals surface area (Å²) in [6, 6.07) is 4.93. The molecule has 5 N–H and O–H groups in total. The number of hydrogen-bond acceptors (Lipinski definition) is 4. The van der Waals surface area contributed by atoms with Crippen LogP contribution >= 0.6 is 23.2 Å². The Morgan fingerprint density at radius 2 is 2.05 bits per heavy atom. The van der Waals surface area contributed by atoms with Gasteiger partial charge < -0.3 is 16.8 Å². The predicted molar refractivity (Wildman–Crippen MR) is 81.6 cm³/mol. The number of pyridine rings is 1. The van der Waals surface area contributed by atoms with Gasteiger partial charge >= 0.3 is 0 Å². The van der Waals surface area contributed by atoms with Gasteiger partial charge in [-0.1, -0.05) is 29.3 Å². The van der Waals surface area contributed by atoms with Crippen molar-refractivity contribution in [2.45, 2.75) is 6.92 Å². The Hall–Kier alpha value is -1.98. The van der Waals surface area contributed by atoms with Crippen molar-refractivity contribution in [3.63, 3.8) is 0 Å². The van der Waals surface area contributed by atoms with Crippen molar-refractivity contribution < 1.29 is 4.79 Å². The molecule has 1 heterocycles. The lowest BCUT2D eigenvalue weighted by atomic mass is 10.2. The van der Waals surface area contributed by atoms with Crippen LogP contribution in [0.4, 0.5) is 17.2 Å². The molecular formula is C13H12Cl2N4O. The molecule has 0 aliphatic heterocycles. The van der Waals surface area contributed by atoms with Gasteiger partial charge in [0.15, 0.2) is 0 Å². The second-order valence-corrected chi connectivity index (χ2v) is 4.99. The summed E-state index contributed by atoms with van der Waals surface area (Å²) in [4.78, 5) is 15.5. The molecule has 0 radical (unpaired) electrons. The Kier molecular flexibility index (Phi) is 4.01. The maximum atomic E-state index is 11.4. The van der Waals surface area contributed by atoms with Crippen molar-refractivity contribution in [1.82, 2.24) is 4.98 Å². The van der Waals surface area contributed by atoms with Gasteiger partial charge in [0.25, 0.3) is 5.91 Å². The van der Waals surface area contributed by atoms with Crippen LogP contribution in [0.25, 0.3) is 0 Å². The van der Waals surface area contributed by atoms with Crippen molar-refractivity contribution in [1.29, 1.82) is 0 Å². The fourth-order valence-corrected chi connectivity index (χ4v) is 2.12. The van der Waals surface area contributed by atoms with E-state index in [1.165, 1.54) is 12.3 Å². The molecule has 104 valence electrons. The van der Waals surface area contributed by atoms with Gasteiger partial charge in [0.1, 0.15) is 5.82 Å². The molecule has 2 rings (SSSR count). The normalized spacial score (nSPS) is 10.3. The lowest BCUT2D eigenvalue weighted by Gasteiger charge is -2.13. The van der Waals surface area contributed by atoms with E-state index in [1.54, 1.807) is 12.1 Å². The molecule has 0 atom stereocenters. The van der Waals surface area contributed by atoms with Gasteiger partial charge in [-0.15, -0.1) is 0 Å². The molecule has 2 aromatic rings. The van der Waals surface area contributed by atoms with Crippen molar-refractivity contribution in [3.8, 4) is 0 Å². The SMILES string of the molecule is Cc1ccc(Cl)c(Nc2ncc(N)cc2C(N)=O)c1Cl. The first kappa shape index (κ1) is 14.4. The number of amides is 1. The fourth-order valence-electron chi connectivity index (χ4n) is 1.66. The Bertz CT molecular complexity index is 688. The van der Waals surface area contributed by atoms with E-state index in [2.05, 4.69) is 10.3 Å². The Morgan fingerprint density at radius 3 is 2.70 bits per heavy atom. The molecule has 0 unspecified atom stereocenters. The topological polar surface area (TPSA) is 94.0 Å². The number of nitrogens with one attached hydrogen (secondary N) is 1. The summed E-state index contributed by atoms with van der Waals surface area (Å²) in [5.74, 6) is -0.395. The number of aromatic nitrogens is 1. The lowest BCUT2D eigenvalue weighted by Crippen LogP contribution is -2.15. The molecule has 1 aromatic carbocycles. The van der Waals surface area contributed by atoms with Crippen molar-refractivity contribution in [2.75, 3.05) is 11.1 Å². The molecule has 5 nitrogen and oxygen atoms in total. The van der Waals surface area contributed by atoms with E-state index >= 15 is 0 Å². The third kappa shape index (κ3) is 2.79. The van der Waals surface area contributed by atoms with E-state index in [4.69, 9.17) is 34.7 Å². The smallest absolute Gasteiger partial charge is 0.252 e. The van der Waals surface area contributed by atoms with Gasteiger partial charge in [-0.05, 0) is 24.6 Å². The highest BCUT2D eigenvalue weighted by molar-refractivity contribution is 6.39. The first-order chi connectivity index (χ1) is 9.40. The van der Waals surface area contributed by atoms with Gasteiger partial charge in [0, 0.05) is 0 Å². The van der Waals surface area contributed by atoms with E-state index in [1.807, 2.05) is 6.92 Å². The first-order valence-corrected chi connectivity index (χ1v) is 6.42. The average Bonchev–Trinajstić information content (AvgIpc) is 2.40. The van der Waals surface area contributed by atoms with Crippen LogP contribution in [-0.4, -0.2) is 10.9 Å². The summed E-state index contributed by atoms with van der Waals surface area (Å²) in [5.41, 5.74) is 12.7. The molecule has 20 heavy (non-hydrogen) atoms. The van der Waals surface area contributed by atoms with E-state index in [0.29, 0.717) is 21.4 Å². The van der Waals surface area contributed by atoms with Gasteiger partial charge in [-0.3, -0.25) is 4.79 Å². The van der Waals surface area contributed by atoms with Crippen molar-refractivity contribution in [3.05, 3.63) is 45.6 Å². The van der Waals surface area contributed by atoms with Crippen molar-refractivity contribution >= 4 is 46.3 Å². The number of carbonyl (C=O) groups excluding carboxylic acids is 1. The van der Waals surface area contributed by atoms with Crippen molar-refractivity contribution in [2.24, 2.45) is 5.73 Å². The molecule has 0 saturated carbocycles. The minimum absolute atomic E-state index is 0.165. The number of halogens is 2. The standard InChI is InChI=1S/C13H12Cl2N4O/c1-6-2-3-9(14)11(10(6)15)19-13-8(12(17)20)4-7(16)5-18-13/h2-5H,16H2,1H3,(H2,17,20)(H,18,19). The predicted octanol–water partition coefficient (Wildman–Crippen LogP) is 3.12. The highest BCUT2D eigenvalue weighted by Gasteiger charge is 2.14. The molecule has 0 spiro atoms. The van der Waals surface area contributed by atoms with Gasteiger partial charge in [-0.2, -0.15) is 0 Å². The molecule has 0 saturated heterocycles. The van der Waals surface area contributed by atoms with Crippen LogP contribution in [0.3, 0.4) is 0 Å². The van der Waals surface area contributed by atoms with E-state index in [-0.39, 0.29) is 11.4 Å². The monoisotopic (exact) mass is 310 g/mol. The average molecular weight is 311 g/mol. The van der Waals surface area contributed by atoms with Crippen LogP contribution in [0.5, 0.6) is 0 Å². The highest BCUT2D eigenvalue weighted by Crippen LogP contribution is 2.35. The zero-order valence-electron chi connectivity index (χ0n) is 10.6. The van der Waals surface area contributed by atoms with Crippen LogP contribution < -0.4 is 16.8 Å². The molecule has 0 aliphatic carbocycles. The maximum absolute atomic E-state index is 11.4. The number of primary amides is 1. The summed E-state index contributed by atoms with van der Waals surface area (Å²) in [7, 11) is 0. The third-order valence-corrected chi connectivity index (χ3v) is 3.50. The number of anilines is 3. The molecule has 0 aliphatic rings. The number of nitrogen functional groups attached to an aromatic ring is 1. The maximum Gasteiger partial charge on any atom is 0.252 e. The molecular weight excluding hydrogens is 299 g/mol. The van der Waals surface area contributed by atoms with Crippen LogP contribution in [-0.2, 0) is 0 Å². The Labute approximate surface area is 125 Å². The zero-order valence-corrected chi connectivity index (χ0v) is 12.1. The summed E-state index contributed by atoms with van der Waals surface area (Å²) in [5, 5.41) is 3.79. The highest BCUT2D eigenvalue weighted by atomic mass is 35.5. The molecule has 7 heteroatoms. The number of rotatable bonds is 3. The lowest BCUT2D eigenvalue weighted by molar-refractivity contribution is 0.100. The van der Waals surface area contributed by atoms with Gasteiger partial charge in [0.2, 0.25) is 0 Å². The number of nitrogens with two attached hydrogens (primary N) is 2. The summed E-state index contributed by atoms with van der Waals surface area (Å²) >= 11 is 12.3. The van der Waals surface area contributed by atoms with Crippen LogP contribution in [0, 0.1) is 6.92 Å². The quantitative estimate of drug-likeness (QED) is 0.811. The van der Waals surface area contributed by atoms with E-state index in [0.717, 1.165) is 5.56 Å². The second kappa shape index (κ2) is 5.56. The van der Waals surface area contributed by atoms with Crippen LogP contribution in [0.1, 0.15) is 15.9 Å². The first-order valence-electron chi connectivity index (χ1n) is 5.67. The summed E-state index contributed by atoms with van der Waals surface area (Å²) in [6.07, 6.45) is 1.41. The largest absolute Gasteiger partial charge is 0.397 e. The minimum atomic E-state index is -0.646. The molecule has 1 aromatic heterocycles. The fraction of sp³-hybridized carbons (Fsp3) is 0.0769. The van der Waals surface area contributed by atoms with Gasteiger partial charge in [-0.25, -0.2) is 4.98 Å². The Morgan fingerprint density at radius 1 is 1.35 bits per heavy atom.